The van der Waals surface area contributed by atoms with Crippen LogP contribution in [-0.2, 0) is 0 Å². The molecule has 0 amide bonds. The van der Waals surface area contributed by atoms with E-state index in [0.717, 1.165) is 24.5 Å². The minimum Gasteiger partial charge on any atom is -0.421 e. The van der Waals surface area contributed by atoms with E-state index in [1.165, 1.54) is 0 Å². The Bertz CT molecular complexity index is 658. The monoisotopic (exact) mass is 460 g/mol. The van der Waals surface area contributed by atoms with Gasteiger partial charge in [-0.25, -0.2) is 4.79 Å². The molecule has 0 saturated carbocycles. The molecule has 0 radical (unpaired) electrons. The molecule has 0 saturated heterocycles. The Morgan fingerprint density at radius 3 is 2.25 bits per heavy atom. The van der Waals surface area contributed by atoms with Crippen LogP contribution in [0.2, 0.25) is 0 Å². The lowest BCUT2D eigenvalue weighted by atomic mass is 10.1. The molecule has 0 aliphatic carbocycles. The maximum atomic E-state index is 12.2. The third-order valence-electron chi connectivity index (χ3n) is 2.80. The summed E-state index contributed by atoms with van der Waals surface area (Å²) < 4.78 is 8.04. The Morgan fingerprint density at radius 2 is 1.65 bits per heavy atom. The van der Waals surface area contributed by atoms with E-state index in [-0.39, 0.29) is 5.97 Å². The fraction of sp³-hybridized carbons (Fsp3) is 0.133. The van der Waals surface area contributed by atoms with Crippen LogP contribution in [0.4, 0.5) is 0 Å². The highest BCUT2D eigenvalue weighted by Crippen LogP contribution is 2.33. The normalized spacial score (nSPS) is 10.4. The van der Waals surface area contributed by atoms with Crippen LogP contribution in [0.25, 0.3) is 0 Å². The first kappa shape index (κ1) is 15.7. The SMILES string of the molecule is Cc1ccc(C(=O)Oc2c(C)cc(Br)cc2Br)cc1Br. The van der Waals surface area contributed by atoms with E-state index < -0.39 is 0 Å². The number of carbonyl (C=O) groups excluding carboxylic acids is 1. The van der Waals surface area contributed by atoms with Crippen LogP contribution in [0, 0.1) is 13.8 Å². The molecule has 0 bridgehead atoms. The lowest BCUT2D eigenvalue weighted by molar-refractivity contribution is 0.0732. The van der Waals surface area contributed by atoms with Gasteiger partial charge in [0.2, 0.25) is 0 Å². The standard InChI is InChI=1S/C15H11Br3O2/c1-8-3-4-10(6-12(8)17)15(19)20-14-9(2)5-11(16)7-13(14)18/h3-7H,1-2H3. The molecule has 0 atom stereocenters. The number of hydrogen-bond acceptors (Lipinski definition) is 2. The van der Waals surface area contributed by atoms with Crippen molar-refractivity contribution in [3.63, 3.8) is 0 Å². The molecule has 104 valence electrons. The maximum absolute atomic E-state index is 12.2. The minimum absolute atomic E-state index is 0.378. The number of ether oxygens (including phenoxy) is 1. The summed E-state index contributed by atoms with van der Waals surface area (Å²) in [5.41, 5.74) is 2.46. The second-order valence-corrected chi connectivity index (χ2v) is 7.01. The summed E-state index contributed by atoms with van der Waals surface area (Å²) in [5, 5.41) is 0. The van der Waals surface area contributed by atoms with Gasteiger partial charge in [0.25, 0.3) is 0 Å². The molecule has 2 nitrogen and oxygen atoms in total. The summed E-state index contributed by atoms with van der Waals surface area (Å²) in [6.07, 6.45) is 0. The minimum atomic E-state index is -0.378. The predicted octanol–water partition coefficient (Wildman–Crippen LogP) is 5.81. The van der Waals surface area contributed by atoms with Gasteiger partial charge in [-0.2, -0.15) is 0 Å². The molecule has 20 heavy (non-hydrogen) atoms. The van der Waals surface area contributed by atoms with Crippen LogP contribution in [0.15, 0.2) is 43.7 Å². The Balaban J connectivity index is 2.30. The van der Waals surface area contributed by atoms with E-state index >= 15 is 0 Å². The quantitative estimate of drug-likeness (QED) is 0.416. The molecular formula is C15H11Br3O2. The molecule has 2 rings (SSSR count). The van der Waals surface area contributed by atoms with E-state index in [0.29, 0.717) is 11.3 Å². The first-order chi connectivity index (χ1) is 9.38. The summed E-state index contributed by atoms with van der Waals surface area (Å²) in [5.74, 6) is 0.159. The summed E-state index contributed by atoms with van der Waals surface area (Å²) in [4.78, 5) is 12.2. The van der Waals surface area contributed by atoms with Crippen molar-refractivity contribution >= 4 is 53.8 Å². The highest BCUT2D eigenvalue weighted by Gasteiger charge is 2.14. The molecule has 0 unspecified atom stereocenters. The number of carbonyl (C=O) groups is 1. The number of esters is 1. The Labute approximate surface area is 142 Å². The summed E-state index contributed by atoms with van der Waals surface area (Å²) in [6.45, 7) is 3.86. The third-order valence-corrected chi connectivity index (χ3v) is 4.70. The topological polar surface area (TPSA) is 26.3 Å². The van der Waals surface area contributed by atoms with Crippen LogP contribution in [0.5, 0.6) is 5.75 Å². The molecule has 0 spiro atoms. The van der Waals surface area contributed by atoms with Gasteiger partial charge in [0, 0.05) is 8.95 Å². The van der Waals surface area contributed by atoms with Gasteiger partial charge in [0.1, 0.15) is 5.75 Å². The van der Waals surface area contributed by atoms with Gasteiger partial charge in [0.15, 0.2) is 0 Å². The largest absolute Gasteiger partial charge is 0.421 e. The lowest BCUT2D eigenvalue weighted by Gasteiger charge is -2.10. The van der Waals surface area contributed by atoms with Crippen molar-refractivity contribution in [3.8, 4) is 5.75 Å². The molecular weight excluding hydrogens is 452 g/mol. The van der Waals surface area contributed by atoms with Crippen LogP contribution >= 0.6 is 47.8 Å². The average molecular weight is 463 g/mol. The zero-order chi connectivity index (χ0) is 14.9. The van der Waals surface area contributed by atoms with Gasteiger partial charge in [0.05, 0.1) is 10.0 Å². The number of aryl methyl sites for hydroxylation is 2. The molecule has 0 aromatic heterocycles. The van der Waals surface area contributed by atoms with Crippen molar-refractivity contribution in [1.82, 2.24) is 0 Å². The molecule has 0 fully saturated rings. The van der Waals surface area contributed by atoms with Crippen LogP contribution in [0.3, 0.4) is 0 Å². The van der Waals surface area contributed by atoms with E-state index in [4.69, 9.17) is 4.74 Å². The Kier molecular flexibility index (Phi) is 5.04. The van der Waals surface area contributed by atoms with E-state index in [9.17, 15) is 4.79 Å². The molecule has 2 aromatic rings. The number of halogens is 3. The van der Waals surface area contributed by atoms with Gasteiger partial charge in [-0.15, -0.1) is 0 Å². The number of benzene rings is 2. The summed E-state index contributed by atoms with van der Waals surface area (Å²) in [6, 6.07) is 9.15. The molecule has 0 heterocycles. The molecule has 0 aliphatic rings. The van der Waals surface area contributed by atoms with Crippen molar-refractivity contribution < 1.29 is 9.53 Å². The van der Waals surface area contributed by atoms with E-state index in [1.807, 2.05) is 32.0 Å². The second-order valence-electron chi connectivity index (χ2n) is 4.39. The smallest absolute Gasteiger partial charge is 0.343 e. The van der Waals surface area contributed by atoms with Gasteiger partial charge < -0.3 is 4.74 Å². The van der Waals surface area contributed by atoms with Gasteiger partial charge in [-0.1, -0.05) is 37.9 Å². The molecule has 2 aromatic carbocycles. The molecule has 5 heteroatoms. The predicted molar refractivity (Wildman–Crippen MR) is 90.4 cm³/mol. The van der Waals surface area contributed by atoms with Crippen molar-refractivity contribution in [1.29, 1.82) is 0 Å². The second kappa shape index (κ2) is 6.41. The van der Waals surface area contributed by atoms with E-state index in [1.54, 1.807) is 12.1 Å². The highest BCUT2D eigenvalue weighted by atomic mass is 79.9. The maximum Gasteiger partial charge on any atom is 0.343 e. The molecule has 0 N–H and O–H groups in total. The number of rotatable bonds is 2. The van der Waals surface area contributed by atoms with E-state index in [2.05, 4.69) is 47.8 Å². The van der Waals surface area contributed by atoms with Crippen molar-refractivity contribution in [3.05, 3.63) is 60.4 Å². The Morgan fingerprint density at radius 1 is 0.950 bits per heavy atom. The zero-order valence-corrected chi connectivity index (χ0v) is 15.6. The van der Waals surface area contributed by atoms with Crippen LogP contribution in [-0.4, -0.2) is 5.97 Å². The summed E-state index contributed by atoms with van der Waals surface area (Å²) >= 11 is 10.2. The Hall–Kier alpha value is -0.650. The van der Waals surface area contributed by atoms with Crippen molar-refractivity contribution in [2.75, 3.05) is 0 Å². The van der Waals surface area contributed by atoms with Gasteiger partial charge >= 0.3 is 5.97 Å². The van der Waals surface area contributed by atoms with Gasteiger partial charge in [-0.05, 0) is 65.2 Å². The average Bonchev–Trinajstić information content (AvgIpc) is 2.36. The fourth-order valence-corrected chi connectivity index (χ4v) is 3.59. The molecule has 0 aliphatic heterocycles. The van der Waals surface area contributed by atoms with Gasteiger partial charge in [-0.3, -0.25) is 0 Å². The zero-order valence-electron chi connectivity index (χ0n) is 10.8. The first-order valence-corrected chi connectivity index (χ1v) is 8.20. The van der Waals surface area contributed by atoms with Crippen LogP contribution in [0.1, 0.15) is 21.5 Å². The van der Waals surface area contributed by atoms with Crippen molar-refractivity contribution in [2.24, 2.45) is 0 Å². The van der Waals surface area contributed by atoms with Crippen LogP contribution < -0.4 is 4.74 Å². The summed E-state index contributed by atoms with van der Waals surface area (Å²) in [7, 11) is 0. The lowest BCUT2D eigenvalue weighted by Crippen LogP contribution is -2.10. The third kappa shape index (κ3) is 3.51. The van der Waals surface area contributed by atoms with Crippen molar-refractivity contribution in [2.45, 2.75) is 13.8 Å². The first-order valence-electron chi connectivity index (χ1n) is 5.82. The number of hydrogen-bond donors (Lipinski definition) is 0. The fourth-order valence-electron chi connectivity index (χ4n) is 1.69. The highest BCUT2D eigenvalue weighted by molar-refractivity contribution is 9.11.